The van der Waals surface area contributed by atoms with Crippen molar-refractivity contribution in [3.8, 4) is 0 Å². The summed E-state index contributed by atoms with van der Waals surface area (Å²) >= 11 is 4.20. The first-order valence-electron chi connectivity index (χ1n) is 10.8. The van der Waals surface area contributed by atoms with Gasteiger partial charge in [-0.05, 0) is 66.8 Å². The van der Waals surface area contributed by atoms with Crippen LogP contribution in [0.1, 0.15) is 59.3 Å². The van der Waals surface area contributed by atoms with Crippen LogP contribution in [-0.4, -0.2) is 18.3 Å². The Kier molecular flexibility index (Phi) is 5.12. The third kappa shape index (κ3) is 2.87. The minimum Gasteiger partial charge on any atom is -0.461 e. The lowest BCUT2D eigenvalue weighted by Crippen LogP contribution is -2.49. The number of carbonyl (C=O) groups excluding carboxylic acids is 1. The number of hydrogen-bond acceptors (Lipinski definition) is 3. The van der Waals surface area contributed by atoms with E-state index in [0.29, 0.717) is 35.5 Å². The number of rotatable bonds is 4. The molecule has 0 amide bonds. The second-order valence-electron chi connectivity index (χ2n) is 9.50. The highest BCUT2D eigenvalue weighted by Gasteiger charge is 2.58. The highest BCUT2D eigenvalue weighted by molar-refractivity contribution is 7.80. The third-order valence-corrected chi connectivity index (χ3v) is 8.67. The molecule has 0 aromatic carbocycles. The zero-order chi connectivity index (χ0) is 19.2. The van der Waals surface area contributed by atoms with E-state index < -0.39 is 0 Å². The quantitative estimate of drug-likeness (QED) is 0.378. The third-order valence-electron chi connectivity index (χ3n) is 8.49. The van der Waals surface area contributed by atoms with Crippen LogP contribution in [0.15, 0.2) is 35.5 Å². The van der Waals surface area contributed by atoms with Crippen molar-refractivity contribution < 1.29 is 9.53 Å². The van der Waals surface area contributed by atoms with Crippen LogP contribution in [-0.2, 0) is 9.53 Å². The molecule has 0 saturated heterocycles. The Morgan fingerprint density at radius 1 is 1.26 bits per heavy atom. The largest absolute Gasteiger partial charge is 0.461 e. The highest BCUT2D eigenvalue weighted by atomic mass is 32.1. The Morgan fingerprint density at radius 2 is 2.07 bits per heavy atom. The average molecular weight is 387 g/mol. The van der Waals surface area contributed by atoms with E-state index in [1.54, 1.807) is 0 Å². The Balaban J connectivity index is 1.76. The van der Waals surface area contributed by atoms with E-state index in [1.807, 2.05) is 0 Å². The van der Waals surface area contributed by atoms with Crippen molar-refractivity contribution in [2.45, 2.75) is 59.3 Å². The molecule has 0 N–H and O–H groups in total. The predicted molar refractivity (Wildman–Crippen MR) is 114 cm³/mol. The molecule has 148 valence electrons. The lowest BCUT2D eigenvalue weighted by atomic mass is 9.48. The van der Waals surface area contributed by atoms with E-state index >= 15 is 0 Å². The first-order valence-corrected chi connectivity index (χ1v) is 11.5. The van der Waals surface area contributed by atoms with Gasteiger partial charge in [-0.15, -0.1) is 0 Å². The molecule has 3 heteroatoms. The van der Waals surface area contributed by atoms with Crippen LogP contribution >= 0.6 is 12.6 Å². The zero-order valence-electron chi connectivity index (χ0n) is 17.0. The molecule has 4 aliphatic carbocycles. The van der Waals surface area contributed by atoms with Gasteiger partial charge in [0.15, 0.2) is 0 Å². The second kappa shape index (κ2) is 7.13. The highest BCUT2D eigenvalue weighted by Crippen LogP contribution is 2.65. The van der Waals surface area contributed by atoms with E-state index in [4.69, 9.17) is 4.74 Å². The van der Waals surface area contributed by atoms with Gasteiger partial charge in [0.05, 0.1) is 5.57 Å². The Bertz CT molecular complexity index is 705. The number of esters is 1. The normalized spacial score (nSPS) is 42.5. The van der Waals surface area contributed by atoms with Gasteiger partial charge in [-0.1, -0.05) is 51.5 Å². The fraction of sp³-hybridized carbons (Fsp3) is 0.708. The number of hydrogen-bond donors (Lipinski definition) is 1. The SMILES string of the molecule is CC[C@H]1CC[C@H]2[C@@H]3C=C(C(=O)OCCS)C4=CCC=C[C@]4(C)[C@H]3CC[C@]12C. The summed E-state index contributed by atoms with van der Waals surface area (Å²) in [5, 5.41) is 0. The van der Waals surface area contributed by atoms with Crippen molar-refractivity contribution in [3.05, 3.63) is 35.5 Å². The summed E-state index contributed by atoms with van der Waals surface area (Å²) < 4.78 is 5.53. The van der Waals surface area contributed by atoms with Gasteiger partial charge in [-0.3, -0.25) is 0 Å². The van der Waals surface area contributed by atoms with Gasteiger partial charge in [-0.25, -0.2) is 4.79 Å². The number of fused-ring (bicyclic) bond motifs is 5. The molecule has 4 aliphatic rings. The van der Waals surface area contributed by atoms with Crippen molar-refractivity contribution in [3.63, 3.8) is 0 Å². The molecule has 0 heterocycles. The van der Waals surface area contributed by atoms with Crippen LogP contribution in [0, 0.1) is 34.5 Å². The maximum atomic E-state index is 12.9. The Morgan fingerprint density at radius 3 is 2.81 bits per heavy atom. The molecule has 0 bridgehead atoms. The fourth-order valence-electron chi connectivity index (χ4n) is 7.11. The lowest BCUT2D eigenvalue weighted by molar-refractivity contribution is -0.138. The smallest absolute Gasteiger partial charge is 0.338 e. The topological polar surface area (TPSA) is 26.3 Å². The zero-order valence-corrected chi connectivity index (χ0v) is 17.9. The van der Waals surface area contributed by atoms with Crippen molar-refractivity contribution in [1.29, 1.82) is 0 Å². The number of carbonyl (C=O) groups is 1. The Hall–Kier alpha value is -0.960. The van der Waals surface area contributed by atoms with Gasteiger partial charge >= 0.3 is 5.97 Å². The summed E-state index contributed by atoms with van der Waals surface area (Å²) in [6.45, 7) is 7.63. The first-order chi connectivity index (χ1) is 13.0. The van der Waals surface area contributed by atoms with Gasteiger partial charge in [0.25, 0.3) is 0 Å². The second-order valence-corrected chi connectivity index (χ2v) is 9.94. The van der Waals surface area contributed by atoms with Gasteiger partial charge in [0.2, 0.25) is 0 Å². The molecule has 0 aliphatic heterocycles. The summed E-state index contributed by atoms with van der Waals surface area (Å²) in [6, 6.07) is 0. The predicted octanol–water partition coefficient (Wildman–Crippen LogP) is 5.76. The minimum absolute atomic E-state index is 0.0292. The van der Waals surface area contributed by atoms with Crippen molar-refractivity contribution in [2.75, 3.05) is 12.4 Å². The monoisotopic (exact) mass is 386 g/mol. The molecule has 4 rings (SSSR count). The van der Waals surface area contributed by atoms with Gasteiger partial charge < -0.3 is 4.74 Å². The Labute approximate surface area is 169 Å². The minimum atomic E-state index is -0.146. The van der Waals surface area contributed by atoms with E-state index in [9.17, 15) is 4.79 Å². The number of thiol groups is 1. The van der Waals surface area contributed by atoms with E-state index in [0.717, 1.165) is 17.9 Å². The van der Waals surface area contributed by atoms with E-state index in [1.165, 1.54) is 37.7 Å². The first kappa shape index (κ1) is 19.4. The molecule has 2 saturated carbocycles. The number of allylic oxidation sites excluding steroid dienone is 4. The van der Waals surface area contributed by atoms with Crippen molar-refractivity contribution in [2.24, 2.45) is 34.5 Å². The maximum absolute atomic E-state index is 12.9. The number of ether oxygens (including phenoxy) is 1. The molecule has 27 heavy (non-hydrogen) atoms. The van der Waals surface area contributed by atoms with Gasteiger partial charge in [-0.2, -0.15) is 12.6 Å². The molecular formula is C24H34O2S. The van der Waals surface area contributed by atoms with Crippen LogP contribution in [0.25, 0.3) is 0 Å². The fourth-order valence-corrected chi connectivity index (χ4v) is 7.21. The summed E-state index contributed by atoms with van der Waals surface area (Å²) in [4.78, 5) is 12.9. The summed E-state index contributed by atoms with van der Waals surface area (Å²) in [5.41, 5.74) is 2.46. The van der Waals surface area contributed by atoms with Crippen molar-refractivity contribution in [1.82, 2.24) is 0 Å². The molecule has 2 fully saturated rings. The molecule has 0 spiro atoms. The van der Waals surface area contributed by atoms with Gasteiger partial charge in [0, 0.05) is 11.2 Å². The van der Waals surface area contributed by atoms with Crippen molar-refractivity contribution >= 4 is 18.6 Å². The van der Waals surface area contributed by atoms with Crippen LogP contribution in [0.4, 0.5) is 0 Å². The summed E-state index contributed by atoms with van der Waals surface area (Å²) in [6.07, 6.45) is 16.7. The lowest BCUT2D eigenvalue weighted by Gasteiger charge is -2.55. The van der Waals surface area contributed by atoms with Crippen LogP contribution in [0.3, 0.4) is 0 Å². The molecule has 0 unspecified atom stereocenters. The molecule has 2 nitrogen and oxygen atoms in total. The van der Waals surface area contributed by atoms with Gasteiger partial charge in [0.1, 0.15) is 6.61 Å². The summed E-state index contributed by atoms with van der Waals surface area (Å²) in [5.74, 6) is 3.05. The molecular weight excluding hydrogens is 352 g/mol. The molecule has 0 aromatic rings. The molecule has 6 atom stereocenters. The molecule has 0 aromatic heterocycles. The standard InChI is InChI=1S/C24H34O2S/c1-4-16-8-9-20-17-15-18(22(25)26-13-14-27)19-7-5-6-11-24(19,3)21(17)10-12-23(16,20)2/h6-7,11,15-17,20-21,27H,4-5,8-10,12-14H2,1-3H3/t16-,17-,20-,21-,23+,24-/m0/s1. The maximum Gasteiger partial charge on any atom is 0.338 e. The average Bonchev–Trinajstić information content (AvgIpc) is 3.01. The molecule has 0 radical (unpaired) electrons. The summed E-state index contributed by atoms with van der Waals surface area (Å²) in [7, 11) is 0. The van der Waals surface area contributed by atoms with Crippen LogP contribution in [0.2, 0.25) is 0 Å². The van der Waals surface area contributed by atoms with Crippen LogP contribution < -0.4 is 0 Å². The van der Waals surface area contributed by atoms with E-state index in [2.05, 4.69) is 57.7 Å². The van der Waals surface area contributed by atoms with Crippen LogP contribution in [0.5, 0.6) is 0 Å². The van der Waals surface area contributed by atoms with E-state index in [-0.39, 0.29) is 11.4 Å².